The monoisotopic (exact) mass is 462 g/mol. The summed E-state index contributed by atoms with van der Waals surface area (Å²) in [6.07, 6.45) is 7.87. The van der Waals surface area contributed by atoms with Crippen LogP contribution in [0.2, 0.25) is 5.02 Å². The molecule has 2 aromatic heterocycles. The number of aliphatic imine (C=N–C) groups is 1. The van der Waals surface area contributed by atoms with Crippen molar-refractivity contribution in [2.75, 3.05) is 23.3 Å². The Labute approximate surface area is 198 Å². The van der Waals surface area contributed by atoms with Gasteiger partial charge in [-0.3, -0.25) is 9.78 Å². The second-order valence-electron chi connectivity index (χ2n) is 7.99. The lowest BCUT2D eigenvalue weighted by Crippen LogP contribution is -2.26. The predicted molar refractivity (Wildman–Crippen MR) is 133 cm³/mol. The van der Waals surface area contributed by atoms with Crippen LogP contribution in [0.1, 0.15) is 47.2 Å². The first-order chi connectivity index (χ1) is 16.1. The van der Waals surface area contributed by atoms with Gasteiger partial charge in [0.15, 0.2) is 0 Å². The van der Waals surface area contributed by atoms with Crippen LogP contribution in [0.3, 0.4) is 0 Å². The van der Waals surface area contributed by atoms with E-state index in [4.69, 9.17) is 22.3 Å². The van der Waals surface area contributed by atoms with E-state index < -0.39 is 5.91 Å². The minimum Gasteiger partial charge on any atom is -0.383 e. The number of carbonyl (C=O) groups excluding carboxylic acids is 1. The maximum Gasteiger partial charge on any atom is 0.280 e. The van der Waals surface area contributed by atoms with Crippen LogP contribution in [-0.4, -0.2) is 34.8 Å². The Kier molecular flexibility index (Phi) is 7.52. The van der Waals surface area contributed by atoms with Crippen molar-refractivity contribution in [3.8, 4) is 0 Å². The topological polar surface area (TPSA) is 96.5 Å². The highest BCUT2D eigenvalue weighted by Gasteiger charge is 2.16. The van der Waals surface area contributed by atoms with Crippen LogP contribution in [0.15, 0.2) is 65.9 Å². The molecule has 0 saturated carbocycles. The van der Waals surface area contributed by atoms with Crippen molar-refractivity contribution in [1.29, 1.82) is 0 Å². The van der Waals surface area contributed by atoms with Crippen molar-refractivity contribution in [1.82, 2.24) is 9.97 Å². The molecule has 0 spiro atoms. The third-order valence-electron chi connectivity index (χ3n) is 5.59. The Balaban J connectivity index is 1.62. The van der Waals surface area contributed by atoms with Crippen LogP contribution in [-0.2, 0) is 6.54 Å². The quantitative estimate of drug-likeness (QED) is 0.408. The summed E-state index contributed by atoms with van der Waals surface area (Å²) in [7, 11) is 0. The number of hydrogen-bond acceptors (Lipinski definition) is 5. The van der Waals surface area contributed by atoms with Crippen molar-refractivity contribution in [3.63, 3.8) is 0 Å². The highest BCUT2D eigenvalue weighted by molar-refractivity contribution is 6.30. The van der Waals surface area contributed by atoms with Crippen molar-refractivity contribution in [2.45, 2.75) is 32.2 Å². The molecule has 0 atom stereocenters. The van der Waals surface area contributed by atoms with E-state index in [1.807, 2.05) is 36.4 Å². The smallest absolute Gasteiger partial charge is 0.280 e. The van der Waals surface area contributed by atoms with Crippen LogP contribution in [0, 0.1) is 0 Å². The Morgan fingerprint density at radius 2 is 1.82 bits per heavy atom. The minimum absolute atomic E-state index is 0.109. The molecular formula is C25H27ClN6O. The molecule has 1 aromatic carbocycles. The first kappa shape index (κ1) is 22.7. The number of rotatable bonds is 6. The van der Waals surface area contributed by atoms with Gasteiger partial charge in [-0.15, -0.1) is 0 Å². The largest absolute Gasteiger partial charge is 0.383 e. The molecule has 1 saturated heterocycles. The maximum absolute atomic E-state index is 12.5. The number of carbonyl (C=O) groups is 1. The normalized spacial score (nSPS) is 14.6. The summed E-state index contributed by atoms with van der Waals surface area (Å²) in [6.45, 7) is 2.49. The lowest BCUT2D eigenvalue weighted by atomic mass is 10.2. The first-order valence-corrected chi connectivity index (χ1v) is 11.5. The Morgan fingerprint density at radius 1 is 1.06 bits per heavy atom. The van der Waals surface area contributed by atoms with Gasteiger partial charge < -0.3 is 16.0 Å². The number of amidine groups is 1. The zero-order valence-electron chi connectivity index (χ0n) is 18.4. The molecule has 3 heterocycles. The summed E-state index contributed by atoms with van der Waals surface area (Å²) < 4.78 is 0. The maximum atomic E-state index is 12.5. The molecule has 0 aliphatic carbocycles. The summed E-state index contributed by atoms with van der Waals surface area (Å²) in [5.41, 5.74) is 8.29. The first-order valence-electron chi connectivity index (χ1n) is 11.1. The van der Waals surface area contributed by atoms with Crippen molar-refractivity contribution < 1.29 is 4.79 Å². The Bertz CT molecular complexity index is 1110. The number of aromatic nitrogens is 2. The van der Waals surface area contributed by atoms with Gasteiger partial charge in [0.1, 0.15) is 17.5 Å². The average Bonchev–Trinajstić information content (AvgIpc) is 3.14. The van der Waals surface area contributed by atoms with Gasteiger partial charge in [-0.05, 0) is 54.8 Å². The average molecular weight is 463 g/mol. The number of pyridine rings is 2. The molecule has 170 valence electrons. The van der Waals surface area contributed by atoms with E-state index in [0.29, 0.717) is 28.5 Å². The van der Waals surface area contributed by atoms with Crippen molar-refractivity contribution in [3.05, 3.63) is 82.6 Å². The fraction of sp³-hybridized carbons (Fsp3) is 0.280. The van der Waals surface area contributed by atoms with E-state index in [-0.39, 0.29) is 5.84 Å². The van der Waals surface area contributed by atoms with Crippen LogP contribution in [0.4, 0.5) is 11.6 Å². The van der Waals surface area contributed by atoms with E-state index in [1.54, 1.807) is 18.3 Å². The summed E-state index contributed by atoms with van der Waals surface area (Å²) in [5.74, 6) is 1.15. The molecular weight excluding hydrogens is 436 g/mol. The summed E-state index contributed by atoms with van der Waals surface area (Å²) in [6, 6.07) is 14.8. The molecule has 1 aliphatic heterocycles. The predicted octanol–water partition coefficient (Wildman–Crippen LogP) is 4.67. The molecule has 0 bridgehead atoms. The second kappa shape index (κ2) is 10.9. The molecule has 1 amide bonds. The van der Waals surface area contributed by atoms with E-state index in [2.05, 4.69) is 20.2 Å². The molecule has 4 rings (SSSR count). The van der Waals surface area contributed by atoms with E-state index in [9.17, 15) is 4.79 Å². The zero-order valence-corrected chi connectivity index (χ0v) is 19.1. The SMILES string of the molecule is NC(=NC(=O)c1cccnc1)c1ccc(N2CCCCCC2)nc1NCc1ccc(Cl)cc1. The van der Waals surface area contributed by atoms with Gasteiger partial charge in [-0.2, -0.15) is 4.99 Å². The lowest BCUT2D eigenvalue weighted by Gasteiger charge is -2.23. The third-order valence-corrected chi connectivity index (χ3v) is 5.84. The van der Waals surface area contributed by atoms with Gasteiger partial charge in [-0.1, -0.05) is 36.6 Å². The fourth-order valence-corrected chi connectivity index (χ4v) is 3.90. The van der Waals surface area contributed by atoms with Gasteiger partial charge >= 0.3 is 0 Å². The highest BCUT2D eigenvalue weighted by Crippen LogP contribution is 2.23. The third kappa shape index (κ3) is 6.08. The number of nitrogens with one attached hydrogen (secondary N) is 1. The Morgan fingerprint density at radius 3 is 2.52 bits per heavy atom. The van der Waals surface area contributed by atoms with Gasteiger partial charge in [-0.25, -0.2) is 4.98 Å². The summed E-state index contributed by atoms with van der Waals surface area (Å²) >= 11 is 6.01. The zero-order chi connectivity index (χ0) is 23.0. The molecule has 0 radical (unpaired) electrons. The van der Waals surface area contributed by atoms with Gasteiger partial charge in [0.2, 0.25) is 0 Å². The molecule has 3 aromatic rings. The van der Waals surface area contributed by atoms with Crippen LogP contribution in [0.25, 0.3) is 0 Å². The number of nitrogens with zero attached hydrogens (tertiary/aromatic N) is 4. The molecule has 1 aliphatic rings. The second-order valence-corrected chi connectivity index (χ2v) is 8.43. The molecule has 0 unspecified atom stereocenters. The summed E-state index contributed by atoms with van der Waals surface area (Å²) in [4.78, 5) is 27.8. The van der Waals surface area contributed by atoms with Crippen LogP contribution in [0.5, 0.6) is 0 Å². The molecule has 7 nitrogen and oxygen atoms in total. The molecule has 8 heteroatoms. The standard InChI is InChI=1S/C25H27ClN6O/c26-20-9-7-18(8-10-20)16-29-24-21(23(27)31-25(33)19-6-5-13-28-17-19)11-12-22(30-24)32-14-3-1-2-4-15-32/h5-13,17H,1-4,14-16H2,(H,29,30)(H2,27,31,33). The van der Waals surface area contributed by atoms with E-state index in [0.717, 1.165) is 37.3 Å². The van der Waals surface area contributed by atoms with Crippen LogP contribution < -0.4 is 16.0 Å². The van der Waals surface area contributed by atoms with Crippen molar-refractivity contribution >= 4 is 35.0 Å². The highest BCUT2D eigenvalue weighted by atomic mass is 35.5. The Hall–Kier alpha value is -3.45. The number of nitrogens with two attached hydrogens (primary N) is 1. The van der Waals surface area contributed by atoms with Gasteiger partial charge in [0.25, 0.3) is 5.91 Å². The summed E-state index contributed by atoms with van der Waals surface area (Å²) in [5, 5.41) is 4.06. The molecule has 1 fully saturated rings. The number of halogens is 1. The van der Waals surface area contributed by atoms with E-state index in [1.165, 1.54) is 19.0 Å². The number of hydrogen-bond donors (Lipinski definition) is 2. The van der Waals surface area contributed by atoms with Crippen LogP contribution >= 0.6 is 11.6 Å². The van der Waals surface area contributed by atoms with E-state index >= 15 is 0 Å². The van der Waals surface area contributed by atoms with Crippen molar-refractivity contribution in [2.24, 2.45) is 10.7 Å². The minimum atomic E-state index is -0.444. The molecule has 3 N–H and O–H groups in total. The van der Waals surface area contributed by atoms with Gasteiger partial charge in [0, 0.05) is 37.1 Å². The molecule has 33 heavy (non-hydrogen) atoms. The number of benzene rings is 1. The number of amides is 1. The number of anilines is 2. The lowest BCUT2D eigenvalue weighted by molar-refractivity contribution is 0.100. The van der Waals surface area contributed by atoms with Gasteiger partial charge in [0.05, 0.1) is 11.1 Å². The fourth-order valence-electron chi connectivity index (χ4n) is 3.78.